The van der Waals surface area contributed by atoms with E-state index in [2.05, 4.69) is 29.1 Å². The van der Waals surface area contributed by atoms with E-state index in [4.69, 9.17) is 17.3 Å². The van der Waals surface area contributed by atoms with Crippen molar-refractivity contribution in [1.29, 1.82) is 0 Å². The molecule has 6 heteroatoms. The van der Waals surface area contributed by atoms with Gasteiger partial charge in [-0.2, -0.15) is 10.2 Å². The Morgan fingerprint density at radius 2 is 1.95 bits per heavy atom. The van der Waals surface area contributed by atoms with E-state index < -0.39 is 0 Å². The van der Waals surface area contributed by atoms with E-state index in [1.807, 2.05) is 6.92 Å². The molecule has 5 nitrogen and oxygen atoms in total. The van der Waals surface area contributed by atoms with Gasteiger partial charge in [0.1, 0.15) is 0 Å². The summed E-state index contributed by atoms with van der Waals surface area (Å²) in [6.07, 6.45) is 3.47. The first kappa shape index (κ1) is 14.0. The molecule has 0 aliphatic heterocycles. The Kier molecular flexibility index (Phi) is 4.17. The van der Waals surface area contributed by atoms with Gasteiger partial charge in [0, 0.05) is 12.1 Å². The third kappa shape index (κ3) is 2.48. The zero-order chi connectivity index (χ0) is 14.0. The lowest BCUT2D eigenvalue weighted by atomic mass is 10.0. The van der Waals surface area contributed by atoms with Gasteiger partial charge in [-0.3, -0.25) is 0 Å². The highest BCUT2D eigenvalue weighted by atomic mass is 35.5. The smallest absolute Gasteiger partial charge is 0.180 e. The molecule has 2 rings (SSSR count). The number of aromatic nitrogens is 4. The molecule has 0 saturated carbocycles. The molecule has 0 amide bonds. The van der Waals surface area contributed by atoms with Crippen LogP contribution in [0.2, 0.25) is 5.02 Å². The topological polar surface area (TPSA) is 69.6 Å². The van der Waals surface area contributed by atoms with Crippen molar-refractivity contribution in [3.63, 3.8) is 0 Å². The van der Waals surface area contributed by atoms with Crippen LogP contribution in [0.5, 0.6) is 0 Å². The molecule has 2 N–H and O–H groups in total. The van der Waals surface area contributed by atoms with Crippen LogP contribution in [-0.2, 0) is 19.4 Å². The first-order valence-corrected chi connectivity index (χ1v) is 6.79. The summed E-state index contributed by atoms with van der Waals surface area (Å²) in [5.41, 5.74) is 9.82. The normalized spacial score (nSPS) is 11.0. The third-order valence-corrected chi connectivity index (χ3v) is 3.57. The molecule has 0 atom stereocenters. The first-order valence-electron chi connectivity index (χ1n) is 6.41. The molecule has 2 aromatic rings. The zero-order valence-electron chi connectivity index (χ0n) is 11.4. The molecule has 2 aromatic heterocycles. The molecule has 2 heterocycles. The van der Waals surface area contributed by atoms with Crippen LogP contribution in [0.25, 0.3) is 5.82 Å². The lowest BCUT2D eigenvalue weighted by Crippen LogP contribution is -2.14. The Labute approximate surface area is 117 Å². The van der Waals surface area contributed by atoms with E-state index in [9.17, 15) is 0 Å². The highest BCUT2D eigenvalue weighted by Gasteiger charge is 2.16. The fraction of sp³-hybridized carbons (Fsp3) is 0.462. The van der Waals surface area contributed by atoms with Gasteiger partial charge in [-0.15, -0.1) is 5.10 Å². The number of hydrogen-bond donors (Lipinski definition) is 1. The Balaban J connectivity index is 2.63. The number of hydrogen-bond acceptors (Lipinski definition) is 4. The van der Waals surface area contributed by atoms with E-state index in [-0.39, 0.29) is 0 Å². The summed E-state index contributed by atoms with van der Waals surface area (Å²) in [5.74, 6) is 0.673. The van der Waals surface area contributed by atoms with Crippen LogP contribution < -0.4 is 5.73 Å². The quantitative estimate of drug-likeness (QED) is 0.931. The molecule has 0 aliphatic carbocycles. The molecule has 0 radical (unpaired) electrons. The molecular formula is C13H18ClN5. The lowest BCUT2D eigenvalue weighted by Gasteiger charge is -2.13. The fourth-order valence-electron chi connectivity index (χ4n) is 2.19. The summed E-state index contributed by atoms with van der Waals surface area (Å²) in [6.45, 7) is 6.44. The summed E-state index contributed by atoms with van der Waals surface area (Å²) >= 11 is 6.04. The summed E-state index contributed by atoms with van der Waals surface area (Å²) < 4.78 is 1.66. The number of halogens is 1. The number of rotatable bonds is 4. The predicted molar refractivity (Wildman–Crippen MR) is 75.5 cm³/mol. The van der Waals surface area contributed by atoms with Crippen LogP contribution in [0.15, 0.2) is 6.20 Å². The van der Waals surface area contributed by atoms with E-state index in [1.165, 1.54) is 5.56 Å². The predicted octanol–water partition coefficient (Wildman–Crippen LogP) is 2.21. The van der Waals surface area contributed by atoms with Crippen LogP contribution in [0.1, 0.15) is 36.4 Å². The maximum absolute atomic E-state index is 6.04. The largest absolute Gasteiger partial charge is 0.326 e. The molecule has 102 valence electrons. The number of nitrogens with zero attached hydrogens (tertiary/aromatic N) is 4. The van der Waals surface area contributed by atoms with Gasteiger partial charge in [0.15, 0.2) is 5.82 Å². The van der Waals surface area contributed by atoms with Crippen molar-refractivity contribution in [2.24, 2.45) is 5.73 Å². The van der Waals surface area contributed by atoms with E-state index in [1.54, 1.807) is 10.9 Å². The second-order valence-corrected chi connectivity index (χ2v) is 4.75. The maximum Gasteiger partial charge on any atom is 0.180 e. The van der Waals surface area contributed by atoms with Gasteiger partial charge < -0.3 is 5.73 Å². The van der Waals surface area contributed by atoms with Gasteiger partial charge in [0.05, 0.1) is 22.6 Å². The van der Waals surface area contributed by atoms with Crippen molar-refractivity contribution in [3.05, 3.63) is 33.7 Å². The lowest BCUT2D eigenvalue weighted by molar-refractivity contribution is 0.750. The maximum atomic E-state index is 6.04. The molecule has 0 spiro atoms. The SMILES string of the molecule is CCc1nnc(-n2cc(Cl)c(C)n2)c(CN)c1CC. The Morgan fingerprint density at radius 3 is 2.42 bits per heavy atom. The summed E-state index contributed by atoms with van der Waals surface area (Å²) in [5, 5.41) is 13.5. The third-order valence-electron chi connectivity index (χ3n) is 3.20. The molecule has 0 saturated heterocycles. The van der Waals surface area contributed by atoms with Gasteiger partial charge in [-0.05, 0) is 25.3 Å². The van der Waals surface area contributed by atoms with E-state index in [0.29, 0.717) is 17.4 Å². The first-order chi connectivity index (χ1) is 9.12. The average molecular weight is 280 g/mol. The van der Waals surface area contributed by atoms with Crippen molar-refractivity contribution >= 4 is 11.6 Å². The van der Waals surface area contributed by atoms with Gasteiger partial charge in [0.2, 0.25) is 0 Å². The van der Waals surface area contributed by atoms with Crippen molar-refractivity contribution in [2.45, 2.75) is 40.2 Å². The van der Waals surface area contributed by atoms with Crippen LogP contribution in [0, 0.1) is 6.92 Å². The van der Waals surface area contributed by atoms with Crippen LogP contribution >= 0.6 is 11.6 Å². The molecule has 0 aliphatic rings. The van der Waals surface area contributed by atoms with Crippen molar-refractivity contribution < 1.29 is 0 Å². The minimum Gasteiger partial charge on any atom is -0.326 e. The standard InChI is InChI=1S/C13H18ClN5/c1-4-9-10(6-15)13(17-16-12(9)5-2)19-7-11(14)8(3)18-19/h7H,4-6,15H2,1-3H3. The second-order valence-electron chi connectivity index (χ2n) is 4.35. The van der Waals surface area contributed by atoms with Crippen molar-refractivity contribution in [2.75, 3.05) is 0 Å². The molecule has 0 unspecified atom stereocenters. The molecular weight excluding hydrogens is 262 g/mol. The van der Waals surface area contributed by atoms with Crippen LogP contribution in [0.4, 0.5) is 0 Å². The highest BCUT2D eigenvalue weighted by Crippen LogP contribution is 2.21. The van der Waals surface area contributed by atoms with E-state index in [0.717, 1.165) is 29.8 Å². The van der Waals surface area contributed by atoms with Crippen LogP contribution in [0.3, 0.4) is 0 Å². The van der Waals surface area contributed by atoms with Gasteiger partial charge >= 0.3 is 0 Å². The average Bonchev–Trinajstić information content (AvgIpc) is 2.76. The number of aryl methyl sites for hydroxylation is 2. The van der Waals surface area contributed by atoms with Gasteiger partial charge in [-0.1, -0.05) is 25.4 Å². The number of nitrogens with two attached hydrogens (primary N) is 1. The van der Waals surface area contributed by atoms with E-state index >= 15 is 0 Å². The minimum absolute atomic E-state index is 0.414. The molecule has 0 aromatic carbocycles. The highest BCUT2D eigenvalue weighted by molar-refractivity contribution is 6.31. The molecule has 0 fully saturated rings. The molecule has 0 bridgehead atoms. The second kappa shape index (κ2) is 5.67. The summed E-state index contributed by atoms with van der Waals surface area (Å²) in [7, 11) is 0. The van der Waals surface area contributed by atoms with Crippen molar-refractivity contribution in [1.82, 2.24) is 20.0 Å². The fourth-order valence-corrected chi connectivity index (χ4v) is 2.32. The van der Waals surface area contributed by atoms with Gasteiger partial charge in [-0.25, -0.2) is 4.68 Å². The Morgan fingerprint density at radius 1 is 1.21 bits per heavy atom. The zero-order valence-corrected chi connectivity index (χ0v) is 12.2. The monoisotopic (exact) mass is 279 g/mol. The summed E-state index contributed by atoms with van der Waals surface area (Å²) in [6, 6.07) is 0. The van der Waals surface area contributed by atoms with Gasteiger partial charge in [0.25, 0.3) is 0 Å². The van der Waals surface area contributed by atoms with Crippen molar-refractivity contribution in [3.8, 4) is 5.82 Å². The Hall–Kier alpha value is -1.46. The summed E-state index contributed by atoms with van der Waals surface area (Å²) in [4.78, 5) is 0. The minimum atomic E-state index is 0.414. The Bertz CT molecular complexity index is 571. The molecule has 19 heavy (non-hydrogen) atoms. The van der Waals surface area contributed by atoms with Crippen LogP contribution in [-0.4, -0.2) is 20.0 Å².